The van der Waals surface area contributed by atoms with Gasteiger partial charge in [0.2, 0.25) is 5.91 Å². The van der Waals surface area contributed by atoms with Crippen LogP contribution in [-0.2, 0) is 11.2 Å². The third kappa shape index (κ3) is 4.67. The number of benzene rings is 2. The number of hydrogen-bond donors (Lipinski definition) is 0. The van der Waals surface area contributed by atoms with E-state index in [2.05, 4.69) is 67.8 Å². The molecule has 1 fully saturated rings. The average Bonchev–Trinajstić information content (AvgIpc) is 2.69. The number of piperazine rings is 1. The van der Waals surface area contributed by atoms with Gasteiger partial charge in [0.25, 0.3) is 0 Å². The Morgan fingerprint density at radius 3 is 2.29 bits per heavy atom. The molecule has 1 aliphatic rings. The number of aryl methyl sites for hydroxylation is 2. The van der Waals surface area contributed by atoms with Gasteiger partial charge in [-0.15, -0.1) is 0 Å². The lowest BCUT2D eigenvalue weighted by Crippen LogP contribution is -2.49. The third-order valence-electron chi connectivity index (χ3n) is 5.72. The van der Waals surface area contributed by atoms with Crippen molar-refractivity contribution in [1.29, 1.82) is 0 Å². The van der Waals surface area contributed by atoms with Crippen molar-refractivity contribution < 1.29 is 4.79 Å². The van der Waals surface area contributed by atoms with Gasteiger partial charge in [0.05, 0.1) is 6.42 Å². The Balaban J connectivity index is 1.60. The van der Waals surface area contributed by atoms with Gasteiger partial charge in [0, 0.05) is 50.6 Å². The highest BCUT2D eigenvalue weighted by Crippen LogP contribution is 2.26. The zero-order valence-electron chi connectivity index (χ0n) is 17.7. The summed E-state index contributed by atoms with van der Waals surface area (Å²) in [5, 5.41) is 0. The number of carbonyl (C=O) groups is 1. The first-order valence-electron chi connectivity index (χ1n) is 10.5. The molecule has 3 rings (SSSR count). The fraction of sp³-hybridized carbons (Fsp3) is 0.458. The number of carbonyl (C=O) groups excluding carboxylic acids is 1. The van der Waals surface area contributed by atoms with Crippen LogP contribution in [0.1, 0.15) is 30.5 Å². The maximum absolute atomic E-state index is 12.7. The van der Waals surface area contributed by atoms with Crippen LogP contribution in [0.25, 0.3) is 0 Å². The van der Waals surface area contributed by atoms with Crippen LogP contribution >= 0.6 is 0 Å². The second-order valence-electron chi connectivity index (χ2n) is 7.68. The molecule has 0 aromatic heterocycles. The zero-order valence-corrected chi connectivity index (χ0v) is 17.7. The SMILES string of the molecule is CCN(CC)c1ccc(N2CCN(C(=O)Cc3cccc(C)c3)CC2)c(C)c1. The van der Waals surface area contributed by atoms with Gasteiger partial charge >= 0.3 is 0 Å². The van der Waals surface area contributed by atoms with Crippen molar-refractivity contribution in [3.05, 3.63) is 59.2 Å². The van der Waals surface area contributed by atoms with Crippen LogP contribution in [0.5, 0.6) is 0 Å². The minimum Gasteiger partial charge on any atom is -0.372 e. The zero-order chi connectivity index (χ0) is 20.1. The Morgan fingerprint density at radius 1 is 0.964 bits per heavy atom. The van der Waals surface area contributed by atoms with Crippen molar-refractivity contribution in [2.75, 3.05) is 49.1 Å². The monoisotopic (exact) mass is 379 g/mol. The van der Waals surface area contributed by atoms with Crippen molar-refractivity contribution in [2.24, 2.45) is 0 Å². The second-order valence-corrected chi connectivity index (χ2v) is 7.68. The van der Waals surface area contributed by atoms with E-state index in [-0.39, 0.29) is 5.91 Å². The van der Waals surface area contributed by atoms with Crippen molar-refractivity contribution in [3.8, 4) is 0 Å². The number of anilines is 2. The molecule has 0 bridgehead atoms. The minimum absolute atomic E-state index is 0.235. The Morgan fingerprint density at radius 2 is 1.68 bits per heavy atom. The molecule has 2 aromatic rings. The molecule has 0 atom stereocenters. The second kappa shape index (κ2) is 9.13. The van der Waals surface area contributed by atoms with E-state index in [1.807, 2.05) is 17.0 Å². The Bertz CT molecular complexity index is 805. The van der Waals surface area contributed by atoms with Gasteiger partial charge < -0.3 is 14.7 Å². The van der Waals surface area contributed by atoms with Crippen LogP contribution in [0, 0.1) is 13.8 Å². The van der Waals surface area contributed by atoms with E-state index in [9.17, 15) is 4.79 Å². The molecule has 4 heteroatoms. The lowest BCUT2D eigenvalue weighted by molar-refractivity contribution is -0.130. The maximum atomic E-state index is 12.7. The molecule has 1 heterocycles. The Hall–Kier alpha value is -2.49. The van der Waals surface area contributed by atoms with Gasteiger partial charge in [0.15, 0.2) is 0 Å². The summed E-state index contributed by atoms with van der Waals surface area (Å²) in [4.78, 5) is 19.5. The summed E-state index contributed by atoms with van der Waals surface area (Å²) in [7, 11) is 0. The number of hydrogen-bond acceptors (Lipinski definition) is 3. The van der Waals surface area contributed by atoms with Crippen molar-refractivity contribution >= 4 is 17.3 Å². The van der Waals surface area contributed by atoms with Crippen LogP contribution in [0.4, 0.5) is 11.4 Å². The summed E-state index contributed by atoms with van der Waals surface area (Å²) < 4.78 is 0. The van der Waals surface area contributed by atoms with Gasteiger partial charge in [-0.05, 0) is 57.0 Å². The summed E-state index contributed by atoms with van der Waals surface area (Å²) in [6, 6.07) is 15.0. The molecule has 150 valence electrons. The molecule has 0 saturated carbocycles. The van der Waals surface area contributed by atoms with E-state index >= 15 is 0 Å². The van der Waals surface area contributed by atoms with Gasteiger partial charge in [-0.3, -0.25) is 4.79 Å². The maximum Gasteiger partial charge on any atom is 0.227 e. The highest BCUT2D eigenvalue weighted by Gasteiger charge is 2.22. The summed E-state index contributed by atoms with van der Waals surface area (Å²) in [6.45, 7) is 14.1. The van der Waals surface area contributed by atoms with Gasteiger partial charge in [0.1, 0.15) is 0 Å². The molecular weight excluding hydrogens is 346 g/mol. The van der Waals surface area contributed by atoms with Crippen LogP contribution in [-0.4, -0.2) is 50.1 Å². The summed E-state index contributed by atoms with van der Waals surface area (Å²) in [5.74, 6) is 0.235. The normalized spacial score (nSPS) is 14.3. The molecule has 2 aromatic carbocycles. The molecule has 1 aliphatic heterocycles. The largest absolute Gasteiger partial charge is 0.372 e. The van der Waals surface area contributed by atoms with E-state index in [1.54, 1.807) is 0 Å². The van der Waals surface area contributed by atoms with Crippen LogP contribution in [0.3, 0.4) is 0 Å². The molecule has 28 heavy (non-hydrogen) atoms. The Kier molecular flexibility index (Phi) is 6.61. The molecule has 0 spiro atoms. The van der Waals surface area contributed by atoms with Crippen molar-refractivity contribution in [2.45, 2.75) is 34.1 Å². The van der Waals surface area contributed by atoms with Crippen LogP contribution in [0.15, 0.2) is 42.5 Å². The lowest BCUT2D eigenvalue weighted by atomic mass is 10.1. The number of rotatable bonds is 6. The fourth-order valence-electron chi connectivity index (χ4n) is 4.09. The van der Waals surface area contributed by atoms with Gasteiger partial charge in [-0.1, -0.05) is 29.8 Å². The smallest absolute Gasteiger partial charge is 0.227 e. The van der Waals surface area contributed by atoms with Crippen molar-refractivity contribution in [1.82, 2.24) is 4.90 Å². The number of nitrogens with zero attached hydrogens (tertiary/aromatic N) is 3. The summed E-state index contributed by atoms with van der Waals surface area (Å²) in [6.07, 6.45) is 0.499. The van der Waals surface area contributed by atoms with E-state index in [0.717, 1.165) is 44.8 Å². The standard InChI is InChI=1S/C24H33N3O/c1-5-25(6-2)22-10-11-23(20(4)17-22)26-12-14-27(15-13-26)24(28)18-21-9-7-8-19(3)16-21/h7-11,16-17H,5-6,12-15,18H2,1-4H3. The molecule has 0 aliphatic carbocycles. The topological polar surface area (TPSA) is 26.8 Å². The highest BCUT2D eigenvalue weighted by molar-refractivity contribution is 5.79. The predicted molar refractivity (Wildman–Crippen MR) is 118 cm³/mol. The van der Waals surface area contributed by atoms with Crippen molar-refractivity contribution in [3.63, 3.8) is 0 Å². The van der Waals surface area contributed by atoms with E-state index in [4.69, 9.17) is 0 Å². The first-order chi connectivity index (χ1) is 13.5. The lowest BCUT2D eigenvalue weighted by Gasteiger charge is -2.37. The fourth-order valence-corrected chi connectivity index (χ4v) is 4.09. The first-order valence-corrected chi connectivity index (χ1v) is 10.5. The highest BCUT2D eigenvalue weighted by atomic mass is 16.2. The average molecular weight is 380 g/mol. The van der Waals surface area contributed by atoms with E-state index in [0.29, 0.717) is 6.42 Å². The molecule has 1 saturated heterocycles. The third-order valence-corrected chi connectivity index (χ3v) is 5.72. The molecule has 0 radical (unpaired) electrons. The predicted octanol–water partition coefficient (Wildman–Crippen LogP) is 4.04. The molecule has 0 N–H and O–H groups in total. The minimum atomic E-state index is 0.235. The molecule has 4 nitrogen and oxygen atoms in total. The Labute approximate surface area is 169 Å². The van der Waals surface area contributed by atoms with Gasteiger partial charge in [-0.2, -0.15) is 0 Å². The first kappa shape index (κ1) is 20.2. The van der Waals surface area contributed by atoms with Crippen LogP contribution in [0.2, 0.25) is 0 Å². The van der Waals surface area contributed by atoms with E-state index in [1.165, 1.54) is 22.5 Å². The van der Waals surface area contributed by atoms with Gasteiger partial charge in [-0.25, -0.2) is 0 Å². The summed E-state index contributed by atoms with van der Waals surface area (Å²) >= 11 is 0. The number of amides is 1. The quantitative estimate of drug-likeness (QED) is 0.758. The van der Waals surface area contributed by atoms with Crippen LogP contribution < -0.4 is 9.80 Å². The molecule has 0 unspecified atom stereocenters. The van der Waals surface area contributed by atoms with E-state index < -0.39 is 0 Å². The molecule has 1 amide bonds. The summed E-state index contributed by atoms with van der Waals surface area (Å²) in [5.41, 5.74) is 6.21. The molecular formula is C24H33N3O.